The van der Waals surface area contributed by atoms with E-state index in [0.717, 1.165) is 39.2 Å². The van der Waals surface area contributed by atoms with Gasteiger partial charge in [0, 0.05) is 39.5 Å². The number of rotatable bonds is 7. The van der Waals surface area contributed by atoms with Crippen LogP contribution in [0.5, 0.6) is 0 Å². The highest BCUT2D eigenvalue weighted by atomic mass is 15.0. The number of aromatic nitrogens is 2. The van der Waals surface area contributed by atoms with Crippen molar-refractivity contribution in [2.45, 2.75) is 6.54 Å². The van der Waals surface area contributed by atoms with Crippen LogP contribution >= 0.6 is 0 Å². The SMILES string of the molecule is N#Cc1ccc(-c2ccc(-c3ccc(-n4c5ccccc5c5c6c7ccccc7n(-c7ccc(-c8ccc(-c9ccc(CN)cc9)cc8)cc7)c6ccc54)cc3)cc2)cc1. The van der Waals surface area contributed by atoms with Gasteiger partial charge < -0.3 is 14.9 Å². The van der Waals surface area contributed by atoms with Crippen molar-refractivity contribution in [1.82, 2.24) is 9.13 Å². The molecule has 0 amide bonds. The van der Waals surface area contributed by atoms with Gasteiger partial charge in [-0.2, -0.15) is 5.26 Å². The average Bonchev–Trinajstić information content (AvgIpc) is 3.85. The van der Waals surface area contributed by atoms with E-state index < -0.39 is 0 Å². The second kappa shape index (κ2) is 14.4. The van der Waals surface area contributed by atoms with E-state index in [-0.39, 0.29) is 0 Å². The molecule has 11 rings (SSSR count). The maximum atomic E-state index is 9.18. The van der Waals surface area contributed by atoms with E-state index in [1.807, 2.05) is 24.3 Å². The summed E-state index contributed by atoms with van der Waals surface area (Å²) < 4.78 is 4.82. The molecule has 0 saturated heterocycles. The van der Waals surface area contributed by atoms with Crippen LogP contribution in [0.1, 0.15) is 11.1 Å². The molecule has 9 aromatic carbocycles. The predicted octanol–water partition coefficient (Wildman–Crippen LogP) is 13.9. The van der Waals surface area contributed by atoms with Gasteiger partial charge >= 0.3 is 0 Å². The first kappa shape index (κ1) is 35.2. The fourth-order valence-corrected chi connectivity index (χ4v) is 8.96. The first-order valence-electron chi connectivity index (χ1n) is 20.3. The number of hydrogen-bond donors (Lipinski definition) is 1. The Morgan fingerprint density at radius 2 is 0.667 bits per heavy atom. The lowest BCUT2D eigenvalue weighted by Gasteiger charge is -2.11. The van der Waals surface area contributed by atoms with Gasteiger partial charge in [-0.05, 0) is 111 Å². The molecule has 11 aromatic rings. The summed E-state index contributed by atoms with van der Waals surface area (Å²) in [6, 6.07) is 75.9. The third-order valence-electron chi connectivity index (χ3n) is 12.0. The molecule has 0 spiro atoms. The minimum atomic E-state index is 0.552. The highest BCUT2D eigenvalue weighted by Crippen LogP contribution is 2.42. The van der Waals surface area contributed by atoms with Gasteiger partial charge in [-0.3, -0.25) is 0 Å². The fraction of sp³-hybridized carbons (Fsp3) is 0.0179. The Bertz CT molecular complexity index is 3400. The van der Waals surface area contributed by atoms with Crippen LogP contribution in [0.3, 0.4) is 0 Å². The Balaban J connectivity index is 0.962. The minimum absolute atomic E-state index is 0.552. The number of nitrogens with two attached hydrogens (primary N) is 1. The molecule has 0 radical (unpaired) electrons. The lowest BCUT2D eigenvalue weighted by molar-refractivity contribution is 1.07. The van der Waals surface area contributed by atoms with Gasteiger partial charge in [-0.15, -0.1) is 0 Å². The molecule has 0 fully saturated rings. The van der Waals surface area contributed by atoms with Crippen molar-refractivity contribution >= 4 is 43.6 Å². The van der Waals surface area contributed by atoms with Gasteiger partial charge in [0.25, 0.3) is 0 Å². The molecule has 0 saturated carbocycles. The molecule has 0 aliphatic rings. The van der Waals surface area contributed by atoms with Crippen molar-refractivity contribution in [2.24, 2.45) is 5.73 Å². The van der Waals surface area contributed by atoms with Gasteiger partial charge in [0.05, 0.1) is 33.7 Å². The second-order valence-electron chi connectivity index (χ2n) is 15.4. The molecule has 4 heteroatoms. The monoisotopic (exact) mass is 766 g/mol. The van der Waals surface area contributed by atoms with Crippen molar-refractivity contribution in [3.05, 3.63) is 217 Å². The molecule has 4 nitrogen and oxygen atoms in total. The Morgan fingerprint density at radius 3 is 1.02 bits per heavy atom. The summed E-state index contributed by atoms with van der Waals surface area (Å²) in [4.78, 5) is 0. The number of nitriles is 1. The molecule has 0 aliphatic carbocycles. The van der Waals surface area contributed by atoms with Crippen LogP contribution < -0.4 is 5.73 Å². The topological polar surface area (TPSA) is 59.7 Å². The quantitative estimate of drug-likeness (QED) is 0.176. The van der Waals surface area contributed by atoms with Crippen LogP contribution in [0.2, 0.25) is 0 Å². The predicted molar refractivity (Wildman–Crippen MR) is 249 cm³/mol. The van der Waals surface area contributed by atoms with Crippen molar-refractivity contribution in [1.29, 1.82) is 5.26 Å². The molecular formula is C56H38N4. The van der Waals surface area contributed by atoms with Gasteiger partial charge in [-0.1, -0.05) is 146 Å². The molecule has 0 bridgehead atoms. The zero-order valence-corrected chi connectivity index (χ0v) is 32.8. The maximum absolute atomic E-state index is 9.18. The number of nitrogens with zero attached hydrogens (tertiary/aromatic N) is 3. The highest BCUT2D eigenvalue weighted by Gasteiger charge is 2.20. The molecular weight excluding hydrogens is 729 g/mol. The summed E-state index contributed by atoms with van der Waals surface area (Å²) in [5, 5.41) is 14.2. The van der Waals surface area contributed by atoms with Crippen LogP contribution in [0.25, 0.3) is 99.5 Å². The summed E-state index contributed by atoms with van der Waals surface area (Å²) in [7, 11) is 0. The molecule has 2 N–H and O–H groups in total. The number of benzene rings is 9. The van der Waals surface area contributed by atoms with Crippen molar-refractivity contribution in [2.75, 3.05) is 0 Å². The first-order chi connectivity index (χ1) is 29.6. The number of hydrogen-bond acceptors (Lipinski definition) is 2. The molecule has 2 heterocycles. The minimum Gasteiger partial charge on any atom is -0.326 e. The lowest BCUT2D eigenvalue weighted by Crippen LogP contribution is -1.95. The fourth-order valence-electron chi connectivity index (χ4n) is 8.96. The van der Waals surface area contributed by atoms with Gasteiger partial charge in [0.2, 0.25) is 0 Å². The van der Waals surface area contributed by atoms with Crippen molar-refractivity contribution in [3.8, 4) is 62.0 Å². The third-order valence-corrected chi connectivity index (χ3v) is 12.0. The summed E-state index contributed by atoms with van der Waals surface area (Å²) in [6.45, 7) is 0.552. The van der Waals surface area contributed by atoms with Crippen LogP contribution in [0, 0.1) is 11.3 Å². The van der Waals surface area contributed by atoms with Gasteiger partial charge in [0.1, 0.15) is 0 Å². The summed E-state index contributed by atoms with van der Waals surface area (Å²) in [5.41, 5.74) is 23.9. The van der Waals surface area contributed by atoms with Crippen molar-refractivity contribution < 1.29 is 0 Å². The molecule has 60 heavy (non-hydrogen) atoms. The van der Waals surface area contributed by atoms with E-state index in [4.69, 9.17) is 5.73 Å². The van der Waals surface area contributed by atoms with E-state index in [2.05, 4.69) is 197 Å². The smallest absolute Gasteiger partial charge is 0.0991 e. The number of para-hydroxylation sites is 2. The first-order valence-corrected chi connectivity index (χ1v) is 20.3. The van der Waals surface area contributed by atoms with E-state index in [9.17, 15) is 5.26 Å². The van der Waals surface area contributed by atoms with Crippen LogP contribution in [-0.4, -0.2) is 9.13 Å². The standard InChI is InChI=1S/C56H38N4/c57-35-37-9-13-39(14-10-37)41-17-21-43(22-18-41)45-25-29-47(30-26-45)59-51-7-3-1-5-49(51)55-53(59)33-34-54-56(55)50-6-2-4-8-52(50)60(54)48-31-27-46(28-32-48)44-23-19-42(20-24-44)40-15-11-38(36-58)12-16-40/h1-34H,35,57H2. The molecule has 0 atom stereocenters. The molecule has 0 aliphatic heterocycles. The summed E-state index contributed by atoms with van der Waals surface area (Å²) in [5.74, 6) is 0. The highest BCUT2D eigenvalue weighted by molar-refractivity contribution is 6.28. The van der Waals surface area contributed by atoms with Crippen LogP contribution in [0.15, 0.2) is 206 Å². The van der Waals surface area contributed by atoms with Crippen LogP contribution in [-0.2, 0) is 6.54 Å². The third kappa shape index (κ3) is 5.88. The van der Waals surface area contributed by atoms with E-state index in [1.54, 1.807) is 0 Å². The molecule has 0 unspecified atom stereocenters. The second-order valence-corrected chi connectivity index (χ2v) is 15.4. The molecule has 282 valence electrons. The molecule has 2 aromatic heterocycles. The maximum Gasteiger partial charge on any atom is 0.0991 e. The van der Waals surface area contributed by atoms with Gasteiger partial charge in [0.15, 0.2) is 0 Å². The Kier molecular flexibility index (Phi) is 8.48. The lowest BCUT2D eigenvalue weighted by atomic mass is 9.99. The Labute approximate surface area is 348 Å². The van der Waals surface area contributed by atoms with Crippen molar-refractivity contribution in [3.63, 3.8) is 0 Å². The number of fused-ring (bicyclic) bond motifs is 7. The Morgan fingerprint density at radius 1 is 0.350 bits per heavy atom. The summed E-state index contributed by atoms with van der Waals surface area (Å²) >= 11 is 0. The van der Waals surface area contributed by atoms with E-state index in [0.29, 0.717) is 12.1 Å². The normalized spacial score (nSPS) is 11.5. The van der Waals surface area contributed by atoms with E-state index in [1.165, 1.54) is 65.9 Å². The zero-order chi connectivity index (χ0) is 40.2. The van der Waals surface area contributed by atoms with Crippen LogP contribution in [0.4, 0.5) is 0 Å². The average molecular weight is 767 g/mol. The summed E-state index contributed by atoms with van der Waals surface area (Å²) in [6.07, 6.45) is 0. The zero-order valence-electron chi connectivity index (χ0n) is 32.8. The van der Waals surface area contributed by atoms with E-state index >= 15 is 0 Å². The Hall–Kier alpha value is -7.97. The van der Waals surface area contributed by atoms with Gasteiger partial charge in [-0.25, -0.2) is 0 Å². The largest absolute Gasteiger partial charge is 0.326 e.